The molecule has 6 heteroatoms. The summed E-state index contributed by atoms with van der Waals surface area (Å²) in [6.07, 6.45) is 0.745. The van der Waals surface area contributed by atoms with Gasteiger partial charge in [-0.15, -0.1) is 0 Å². The molecular weight excluding hydrogens is 396 g/mol. The van der Waals surface area contributed by atoms with Gasteiger partial charge in [0.05, 0.1) is 16.6 Å². The zero-order chi connectivity index (χ0) is 21.7. The van der Waals surface area contributed by atoms with Crippen LogP contribution in [0.15, 0.2) is 77.7 Å². The van der Waals surface area contributed by atoms with E-state index >= 15 is 0 Å². The van der Waals surface area contributed by atoms with E-state index < -0.39 is 10.0 Å². The molecule has 3 rings (SSSR count). The van der Waals surface area contributed by atoms with Crippen LogP contribution < -0.4 is 10.0 Å². The first-order chi connectivity index (χ1) is 14.3. The van der Waals surface area contributed by atoms with Crippen molar-refractivity contribution in [3.8, 4) is 0 Å². The zero-order valence-electron chi connectivity index (χ0n) is 17.3. The Morgan fingerprint density at radius 3 is 2.23 bits per heavy atom. The predicted molar refractivity (Wildman–Crippen MR) is 120 cm³/mol. The number of hydrogen-bond donors (Lipinski definition) is 2. The van der Waals surface area contributed by atoms with E-state index in [1.807, 2.05) is 44.2 Å². The number of amides is 1. The molecule has 156 valence electrons. The Balaban J connectivity index is 1.82. The summed E-state index contributed by atoms with van der Waals surface area (Å²) >= 11 is 0. The number of carbonyl (C=O) groups is 1. The summed E-state index contributed by atoms with van der Waals surface area (Å²) in [5, 5.41) is 3.03. The van der Waals surface area contributed by atoms with Gasteiger partial charge in [0.1, 0.15) is 0 Å². The average molecular weight is 423 g/mol. The van der Waals surface area contributed by atoms with Crippen molar-refractivity contribution >= 4 is 21.6 Å². The van der Waals surface area contributed by atoms with Crippen molar-refractivity contribution in [2.24, 2.45) is 0 Å². The Kier molecular flexibility index (Phi) is 6.57. The molecule has 0 heterocycles. The van der Waals surface area contributed by atoms with Gasteiger partial charge in [-0.05, 0) is 55.7 Å². The molecule has 3 aromatic carbocycles. The Morgan fingerprint density at radius 2 is 1.60 bits per heavy atom. The quantitative estimate of drug-likeness (QED) is 0.563. The van der Waals surface area contributed by atoms with Gasteiger partial charge < -0.3 is 5.32 Å². The number of rotatable bonds is 7. The minimum absolute atomic E-state index is 0.118. The van der Waals surface area contributed by atoms with Crippen molar-refractivity contribution in [3.05, 3.63) is 95.1 Å². The molecule has 5 nitrogen and oxygen atoms in total. The summed E-state index contributed by atoms with van der Waals surface area (Å²) in [6.45, 7) is 5.71. The van der Waals surface area contributed by atoms with Crippen LogP contribution >= 0.6 is 0 Å². The van der Waals surface area contributed by atoms with Crippen LogP contribution in [0.4, 0.5) is 5.69 Å². The molecule has 0 aliphatic carbocycles. The molecule has 1 unspecified atom stereocenters. The number of sulfonamides is 1. The van der Waals surface area contributed by atoms with Crippen LogP contribution in [0.3, 0.4) is 0 Å². The standard InChI is InChI=1S/C24H26N2O3S/c1-4-22(19-8-6-5-7-9-19)25-24(27)20-13-12-18(3)23(16-20)26-30(28,29)21-14-10-17(2)11-15-21/h5-16,22,26H,4H2,1-3H3,(H,25,27). The molecule has 0 aliphatic rings. The first kappa shape index (κ1) is 21.6. The Bertz CT molecular complexity index is 1120. The summed E-state index contributed by atoms with van der Waals surface area (Å²) in [5.41, 5.74) is 3.53. The minimum Gasteiger partial charge on any atom is -0.345 e. The van der Waals surface area contributed by atoms with E-state index in [1.165, 1.54) is 0 Å². The molecule has 0 aromatic heterocycles. The number of anilines is 1. The SMILES string of the molecule is CCC(NC(=O)c1ccc(C)c(NS(=O)(=O)c2ccc(C)cc2)c1)c1ccccc1. The number of aryl methyl sites for hydroxylation is 2. The Morgan fingerprint density at radius 1 is 0.933 bits per heavy atom. The maximum Gasteiger partial charge on any atom is 0.261 e. The van der Waals surface area contributed by atoms with Gasteiger partial charge in [0.15, 0.2) is 0 Å². The van der Waals surface area contributed by atoms with Crippen molar-refractivity contribution in [2.75, 3.05) is 4.72 Å². The lowest BCUT2D eigenvalue weighted by Crippen LogP contribution is -2.28. The van der Waals surface area contributed by atoms with E-state index in [0.717, 1.165) is 23.1 Å². The smallest absolute Gasteiger partial charge is 0.261 e. The molecule has 0 saturated heterocycles. The molecule has 0 spiro atoms. The van der Waals surface area contributed by atoms with Gasteiger partial charge in [0, 0.05) is 5.56 Å². The van der Waals surface area contributed by atoms with Gasteiger partial charge >= 0.3 is 0 Å². The molecule has 0 radical (unpaired) electrons. The lowest BCUT2D eigenvalue weighted by atomic mass is 10.0. The number of hydrogen-bond acceptors (Lipinski definition) is 3. The highest BCUT2D eigenvalue weighted by molar-refractivity contribution is 7.92. The second-order valence-corrected chi connectivity index (χ2v) is 8.98. The lowest BCUT2D eigenvalue weighted by Gasteiger charge is -2.18. The van der Waals surface area contributed by atoms with Gasteiger partial charge in [0.2, 0.25) is 0 Å². The monoisotopic (exact) mass is 422 g/mol. The molecular formula is C24H26N2O3S. The van der Waals surface area contributed by atoms with Gasteiger partial charge in [-0.1, -0.05) is 61.0 Å². The highest BCUT2D eigenvalue weighted by atomic mass is 32.2. The summed E-state index contributed by atoms with van der Waals surface area (Å²) < 4.78 is 28.1. The van der Waals surface area contributed by atoms with Crippen molar-refractivity contribution in [2.45, 2.75) is 38.1 Å². The van der Waals surface area contributed by atoms with Gasteiger partial charge in [0.25, 0.3) is 15.9 Å². The van der Waals surface area contributed by atoms with Gasteiger partial charge in [-0.25, -0.2) is 8.42 Å². The van der Waals surface area contributed by atoms with E-state index in [1.54, 1.807) is 49.4 Å². The van der Waals surface area contributed by atoms with Crippen LogP contribution in [-0.4, -0.2) is 14.3 Å². The van der Waals surface area contributed by atoms with E-state index in [0.29, 0.717) is 11.3 Å². The summed E-state index contributed by atoms with van der Waals surface area (Å²) in [6, 6.07) is 21.3. The highest BCUT2D eigenvalue weighted by Gasteiger charge is 2.18. The average Bonchev–Trinajstić information content (AvgIpc) is 2.74. The topological polar surface area (TPSA) is 75.3 Å². The summed E-state index contributed by atoms with van der Waals surface area (Å²) in [4.78, 5) is 13.0. The predicted octanol–water partition coefficient (Wildman–Crippen LogP) is 4.99. The fourth-order valence-corrected chi connectivity index (χ4v) is 4.26. The zero-order valence-corrected chi connectivity index (χ0v) is 18.2. The largest absolute Gasteiger partial charge is 0.345 e. The molecule has 2 N–H and O–H groups in total. The van der Waals surface area contributed by atoms with E-state index in [4.69, 9.17) is 0 Å². The van der Waals surface area contributed by atoms with Crippen molar-refractivity contribution < 1.29 is 13.2 Å². The molecule has 1 atom stereocenters. The van der Waals surface area contributed by atoms with Crippen LogP contribution in [0, 0.1) is 13.8 Å². The van der Waals surface area contributed by atoms with E-state index in [2.05, 4.69) is 10.0 Å². The minimum atomic E-state index is -3.75. The van der Waals surface area contributed by atoms with Crippen LogP contribution in [0.5, 0.6) is 0 Å². The molecule has 0 bridgehead atoms. The molecule has 3 aromatic rings. The van der Waals surface area contributed by atoms with E-state index in [9.17, 15) is 13.2 Å². The fraction of sp³-hybridized carbons (Fsp3) is 0.208. The molecule has 0 fully saturated rings. The second-order valence-electron chi connectivity index (χ2n) is 7.29. The maximum absolute atomic E-state index is 12.8. The normalized spacial score (nSPS) is 12.2. The van der Waals surface area contributed by atoms with Crippen molar-refractivity contribution in [1.29, 1.82) is 0 Å². The first-order valence-electron chi connectivity index (χ1n) is 9.86. The molecule has 0 saturated carbocycles. The maximum atomic E-state index is 12.8. The van der Waals surface area contributed by atoms with Gasteiger partial charge in [-0.3, -0.25) is 9.52 Å². The van der Waals surface area contributed by atoms with Gasteiger partial charge in [-0.2, -0.15) is 0 Å². The summed E-state index contributed by atoms with van der Waals surface area (Å²) in [5.74, 6) is -0.249. The number of nitrogens with one attached hydrogen (secondary N) is 2. The fourth-order valence-electron chi connectivity index (χ4n) is 3.14. The third-order valence-corrected chi connectivity index (χ3v) is 6.37. The van der Waals surface area contributed by atoms with Crippen LogP contribution in [0.2, 0.25) is 0 Å². The lowest BCUT2D eigenvalue weighted by molar-refractivity contribution is 0.0935. The highest BCUT2D eigenvalue weighted by Crippen LogP contribution is 2.23. The van der Waals surface area contributed by atoms with E-state index in [-0.39, 0.29) is 16.8 Å². The third kappa shape index (κ3) is 5.07. The van der Waals surface area contributed by atoms with Crippen molar-refractivity contribution in [3.63, 3.8) is 0 Å². The Labute approximate surface area is 178 Å². The second kappa shape index (κ2) is 9.13. The summed E-state index contributed by atoms with van der Waals surface area (Å²) in [7, 11) is -3.75. The molecule has 1 amide bonds. The van der Waals surface area contributed by atoms with Crippen LogP contribution in [-0.2, 0) is 10.0 Å². The number of benzene rings is 3. The number of carbonyl (C=O) groups excluding carboxylic acids is 1. The van der Waals surface area contributed by atoms with Crippen molar-refractivity contribution in [1.82, 2.24) is 5.32 Å². The van der Waals surface area contributed by atoms with Crippen LogP contribution in [0.25, 0.3) is 0 Å². The Hall–Kier alpha value is -3.12. The molecule has 30 heavy (non-hydrogen) atoms. The third-order valence-electron chi connectivity index (χ3n) is 4.99. The molecule has 0 aliphatic heterocycles. The first-order valence-corrected chi connectivity index (χ1v) is 11.3. The van der Waals surface area contributed by atoms with Crippen LogP contribution in [0.1, 0.15) is 46.4 Å².